The second-order valence-electron chi connectivity index (χ2n) is 11.6. The summed E-state index contributed by atoms with van der Waals surface area (Å²) in [6.45, 7) is 3.92. The van der Waals surface area contributed by atoms with E-state index in [-0.39, 0.29) is 22.8 Å². The molecule has 2 saturated carbocycles. The number of aromatic hydroxyl groups is 1. The first-order valence-electron chi connectivity index (χ1n) is 13.0. The SMILES string of the molecule is C[C@H](F)CN1CCC23c4cc(O)ccc4CC1C21CCC2C3[C@@H](CN2C(=O)c2ccccc2)C1. The van der Waals surface area contributed by atoms with Crippen molar-refractivity contribution in [1.82, 2.24) is 9.80 Å². The number of halogens is 1. The third-order valence-electron chi connectivity index (χ3n) is 10.4. The number of fused-ring (bicyclic) bond motifs is 1. The molecule has 5 aliphatic rings. The molecule has 178 valence electrons. The maximum atomic E-state index is 14.3. The Morgan fingerprint density at radius 1 is 1.21 bits per heavy atom. The van der Waals surface area contributed by atoms with Gasteiger partial charge in [0.1, 0.15) is 11.9 Å². The van der Waals surface area contributed by atoms with Crippen LogP contribution in [0.5, 0.6) is 5.75 Å². The highest BCUT2D eigenvalue weighted by molar-refractivity contribution is 5.94. The molecule has 7 rings (SSSR count). The zero-order valence-electron chi connectivity index (χ0n) is 19.8. The number of rotatable bonds is 3. The summed E-state index contributed by atoms with van der Waals surface area (Å²) in [7, 11) is 0. The molecule has 0 radical (unpaired) electrons. The van der Waals surface area contributed by atoms with Crippen molar-refractivity contribution in [2.75, 3.05) is 19.6 Å². The van der Waals surface area contributed by atoms with Crippen LogP contribution < -0.4 is 0 Å². The lowest BCUT2D eigenvalue weighted by Gasteiger charge is -2.66. The lowest BCUT2D eigenvalue weighted by atomic mass is 9.43. The van der Waals surface area contributed by atoms with Crippen LogP contribution in [0.1, 0.15) is 54.1 Å². The van der Waals surface area contributed by atoms with E-state index >= 15 is 0 Å². The van der Waals surface area contributed by atoms with Gasteiger partial charge in [-0.1, -0.05) is 24.3 Å². The number of hydrogen-bond donors (Lipinski definition) is 1. The maximum absolute atomic E-state index is 14.3. The number of benzene rings is 2. The largest absolute Gasteiger partial charge is 0.508 e. The van der Waals surface area contributed by atoms with Gasteiger partial charge in [-0.15, -0.1) is 0 Å². The van der Waals surface area contributed by atoms with E-state index in [1.807, 2.05) is 42.5 Å². The van der Waals surface area contributed by atoms with Crippen molar-refractivity contribution < 1.29 is 14.3 Å². The number of nitrogens with zero attached hydrogens (tertiary/aromatic N) is 2. The first kappa shape index (κ1) is 20.9. The fraction of sp³-hybridized carbons (Fsp3) is 0.552. The Hall–Kier alpha value is -2.40. The Labute approximate surface area is 200 Å². The van der Waals surface area contributed by atoms with Crippen molar-refractivity contribution in [2.24, 2.45) is 17.3 Å². The van der Waals surface area contributed by atoms with Gasteiger partial charge in [0.2, 0.25) is 0 Å². The zero-order valence-corrected chi connectivity index (χ0v) is 19.8. The van der Waals surface area contributed by atoms with Gasteiger partial charge in [-0.2, -0.15) is 0 Å². The van der Waals surface area contributed by atoms with Crippen LogP contribution in [0.3, 0.4) is 0 Å². The quantitative estimate of drug-likeness (QED) is 0.730. The summed E-state index contributed by atoms with van der Waals surface area (Å²) in [4.78, 5) is 18.2. The number of phenolic OH excluding ortho intramolecular Hbond substituents is 1. The second-order valence-corrected chi connectivity index (χ2v) is 11.6. The Bertz CT molecular complexity index is 1150. The van der Waals surface area contributed by atoms with Crippen LogP contribution in [0.25, 0.3) is 0 Å². The highest BCUT2D eigenvalue weighted by Gasteiger charge is 2.76. The Kier molecular flexibility index (Phi) is 4.35. The van der Waals surface area contributed by atoms with Crippen LogP contribution >= 0.6 is 0 Å². The minimum Gasteiger partial charge on any atom is -0.508 e. The molecule has 1 N–H and O–H groups in total. The van der Waals surface area contributed by atoms with E-state index in [1.54, 1.807) is 6.92 Å². The molecule has 2 saturated heterocycles. The van der Waals surface area contributed by atoms with Crippen molar-refractivity contribution in [3.63, 3.8) is 0 Å². The average molecular weight is 461 g/mol. The summed E-state index contributed by atoms with van der Waals surface area (Å²) < 4.78 is 14.3. The van der Waals surface area contributed by atoms with E-state index < -0.39 is 6.17 Å². The van der Waals surface area contributed by atoms with Crippen molar-refractivity contribution in [3.8, 4) is 5.75 Å². The second kappa shape index (κ2) is 7.07. The van der Waals surface area contributed by atoms with Crippen molar-refractivity contribution in [1.29, 1.82) is 0 Å². The minimum absolute atomic E-state index is 0.0284. The van der Waals surface area contributed by atoms with Crippen LogP contribution in [-0.2, 0) is 11.8 Å². The molecule has 0 aromatic heterocycles. The summed E-state index contributed by atoms with van der Waals surface area (Å²) in [6.07, 6.45) is 4.34. The lowest BCUT2D eigenvalue weighted by molar-refractivity contribution is -0.105. The van der Waals surface area contributed by atoms with E-state index in [9.17, 15) is 14.3 Å². The molecule has 4 fully saturated rings. The monoisotopic (exact) mass is 460 g/mol. The molecule has 34 heavy (non-hydrogen) atoms. The van der Waals surface area contributed by atoms with Crippen molar-refractivity contribution in [2.45, 2.75) is 62.7 Å². The van der Waals surface area contributed by atoms with E-state index in [0.29, 0.717) is 30.2 Å². The van der Waals surface area contributed by atoms with Gasteiger partial charge in [0, 0.05) is 36.2 Å². The number of hydrogen-bond acceptors (Lipinski definition) is 3. The Balaban J connectivity index is 1.35. The number of piperidine rings is 1. The van der Waals surface area contributed by atoms with Crippen LogP contribution in [0.4, 0.5) is 4.39 Å². The smallest absolute Gasteiger partial charge is 0.254 e. The third-order valence-corrected chi connectivity index (χ3v) is 10.4. The molecule has 7 atom stereocenters. The van der Waals surface area contributed by atoms with E-state index in [4.69, 9.17) is 0 Å². The molecule has 4 nitrogen and oxygen atoms in total. The van der Waals surface area contributed by atoms with Gasteiger partial charge in [-0.05, 0) is 98.2 Å². The average Bonchev–Trinajstić information content (AvgIpc) is 3.27. The molecule has 2 aromatic carbocycles. The van der Waals surface area contributed by atoms with Gasteiger partial charge in [-0.3, -0.25) is 9.69 Å². The molecule has 2 aromatic rings. The van der Waals surface area contributed by atoms with Crippen LogP contribution in [0.2, 0.25) is 0 Å². The molecule has 5 unspecified atom stereocenters. The normalized spacial score (nSPS) is 38.4. The number of alkyl halides is 1. The fourth-order valence-corrected chi connectivity index (χ4v) is 9.62. The van der Waals surface area contributed by atoms with Gasteiger partial charge >= 0.3 is 0 Å². The molecule has 2 aliphatic heterocycles. The van der Waals surface area contributed by atoms with Crippen molar-refractivity contribution in [3.05, 3.63) is 65.2 Å². The third kappa shape index (κ3) is 2.49. The predicted octanol–water partition coefficient (Wildman–Crippen LogP) is 4.56. The van der Waals surface area contributed by atoms with Crippen molar-refractivity contribution >= 4 is 5.91 Å². The number of carbonyl (C=O) groups excluding carboxylic acids is 1. The molecular formula is C29H33FN2O2. The fourth-order valence-electron chi connectivity index (χ4n) is 9.62. The molecule has 3 aliphatic carbocycles. The summed E-state index contributed by atoms with van der Waals surface area (Å²) >= 11 is 0. The van der Waals surface area contributed by atoms with Crippen LogP contribution in [0, 0.1) is 17.3 Å². The standard InChI is InChI=1S/C29H33FN2O2/c1-18(30)16-31-12-11-29-23-14-22(33)8-7-20(23)13-25(31)28(29)10-9-24-26(29)21(15-28)17-32(24)27(34)19-5-3-2-4-6-19/h2-8,14,18,21,24-26,33H,9-13,15-17H2,1H3/t18-,21+,24?,25?,26?,28?,29?/m0/s1. The van der Waals surface area contributed by atoms with Gasteiger partial charge in [0.15, 0.2) is 0 Å². The summed E-state index contributed by atoms with van der Waals surface area (Å²) in [5, 5.41) is 10.5. The Morgan fingerprint density at radius 2 is 2.03 bits per heavy atom. The molecular weight excluding hydrogens is 427 g/mol. The summed E-state index contributed by atoms with van der Waals surface area (Å²) in [5.41, 5.74) is 3.53. The van der Waals surface area contributed by atoms with Gasteiger partial charge in [0.25, 0.3) is 5.91 Å². The topological polar surface area (TPSA) is 43.8 Å². The highest BCUT2D eigenvalue weighted by Crippen LogP contribution is 2.75. The van der Waals surface area contributed by atoms with E-state index in [1.165, 1.54) is 11.1 Å². The molecule has 0 spiro atoms. The van der Waals surface area contributed by atoms with Crippen LogP contribution in [-0.4, -0.2) is 58.7 Å². The minimum atomic E-state index is -0.832. The lowest BCUT2D eigenvalue weighted by Crippen LogP contribution is -2.70. The highest BCUT2D eigenvalue weighted by atomic mass is 19.1. The van der Waals surface area contributed by atoms with Gasteiger partial charge < -0.3 is 10.0 Å². The molecule has 2 heterocycles. The van der Waals surface area contributed by atoms with E-state index in [0.717, 1.165) is 50.8 Å². The first-order valence-corrected chi connectivity index (χ1v) is 13.0. The molecule has 5 heteroatoms. The molecule has 4 bridgehead atoms. The number of likely N-dealkylation sites (tertiary alicyclic amines) is 2. The summed E-state index contributed by atoms with van der Waals surface area (Å²) in [5.74, 6) is 1.40. The number of amides is 1. The predicted molar refractivity (Wildman–Crippen MR) is 129 cm³/mol. The number of phenols is 1. The van der Waals surface area contributed by atoms with Gasteiger partial charge in [0.05, 0.1) is 0 Å². The zero-order chi connectivity index (χ0) is 23.2. The first-order chi connectivity index (χ1) is 16.4. The van der Waals surface area contributed by atoms with E-state index in [2.05, 4.69) is 15.9 Å². The summed E-state index contributed by atoms with van der Waals surface area (Å²) in [6, 6.07) is 16.3. The van der Waals surface area contributed by atoms with Crippen LogP contribution in [0.15, 0.2) is 48.5 Å². The maximum Gasteiger partial charge on any atom is 0.254 e. The molecule has 1 amide bonds. The Morgan fingerprint density at radius 3 is 2.82 bits per heavy atom. The van der Waals surface area contributed by atoms with Gasteiger partial charge in [-0.25, -0.2) is 4.39 Å². The number of carbonyl (C=O) groups is 1.